The van der Waals surface area contributed by atoms with Crippen molar-refractivity contribution in [2.75, 3.05) is 25.7 Å². The summed E-state index contributed by atoms with van der Waals surface area (Å²) < 4.78 is 5.44. The maximum Gasteiger partial charge on any atom is 0.306 e. The van der Waals surface area contributed by atoms with E-state index in [0.29, 0.717) is 0 Å². The fourth-order valence-electron chi connectivity index (χ4n) is 6.24. The third kappa shape index (κ3) is 4.43. The van der Waals surface area contributed by atoms with Gasteiger partial charge in [-0.25, -0.2) is 0 Å². The van der Waals surface area contributed by atoms with E-state index in [9.17, 15) is 9.90 Å². The van der Waals surface area contributed by atoms with Gasteiger partial charge in [0.2, 0.25) is 0 Å². The van der Waals surface area contributed by atoms with Gasteiger partial charge in [-0.3, -0.25) is 25.1 Å². The van der Waals surface area contributed by atoms with Gasteiger partial charge in [-0.15, -0.1) is 0 Å². The molecule has 0 bridgehead atoms. The van der Waals surface area contributed by atoms with Crippen molar-refractivity contribution in [2.45, 2.75) is 37.3 Å². The monoisotopic (exact) mass is 536 g/mol. The summed E-state index contributed by atoms with van der Waals surface area (Å²) in [6.07, 6.45) is 6.51. The summed E-state index contributed by atoms with van der Waals surface area (Å²) in [5.41, 5.74) is 10.4. The molecule has 40 heavy (non-hydrogen) atoms. The summed E-state index contributed by atoms with van der Waals surface area (Å²) >= 11 is 0. The van der Waals surface area contributed by atoms with Gasteiger partial charge in [-0.2, -0.15) is 5.10 Å². The lowest BCUT2D eigenvalue weighted by Gasteiger charge is -2.30. The SMILES string of the molecule is COc1ccc2c(c1)[C@]1(C[C@H]1c1ccc3c(/C=C/c4ccc(CN5CCC(C(=O)O)CC5)cc4)n[nH]c3c1)ON2. The number of hydrogen-bond acceptors (Lipinski definition) is 6. The van der Waals surface area contributed by atoms with Crippen molar-refractivity contribution in [3.8, 4) is 5.75 Å². The minimum atomic E-state index is -0.666. The average molecular weight is 537 g/mol. The minimum absolute atomic E-state index is 0.195. The third-order valence-electron chi connectivity index (χ3n) is 8.71. The molecule has 0 unspecified atom stereocenters. The Morgan fingerprint density at radius 1 is 1.12 bits per heavy atom. The fraction of sp³-hybridized carbons (Fsp3) is 0.312. The molecule has 2 fully saturated rings. The van der Waals surface area contributed by atoms with Crippen molar-refractivity contribution >= 4 is 34.7 Å². The first-order valence-electron chi connectivity index (χ1n) is 13.9. The lowest BCUT2D eigenvalue weighted by molar-refractivity contribution is -0.143. The van der Waals surface area contributed by atoms with Crippen LogP contribution in [0.1, 0.15) is 53.1 Å². The molecule has 1 aromatic heterocycles. The number of likely N-dealkylation sites (tertiary alicyclic amines) is 1. The summed E-state index contributed by atoms with van der Waals surface area (Å²) in [7, 11) is 1.69. The Morgan fingerprint density at radius 3 is 2.73 bits per heavy atom. The first-order chi connectivity index (χ1) is 19.5. The fourth-order valence-corrected chi connectivity index (χ4v) is 6.24. The number of hydrogen-bond donors (Lipinski definition) is 3. The quantitative estimate of drug-likeness (QED) is 0.275. The lowest BCUT2D eigenvalue weighted by Crippen LogP contribution is -2.35. The van der Waals surface area contributed by atoms with E-state index >= 15 is 0 Å². The second-order valence-electron chi connectivity index (χ2n) is 11.1. The normalized spacial score (nSPS) is 22.6. The van der Waals surface area contributed by atoms with Gasteiger partial charge in [0.15, 0.2) is 0 Å². The Bertz CT molecular complexity index is 1600. The van der Waals surface area contributed by atoms with E-state index in [1.165, 1.54) is 11.1 Å². The Morgan fingerprint density at radius 2 is 1.95 bits per heavy atom. The van der Waals surface area contributed by atoms with Gasteiger partial charge in [0.05, 0.1) is 29.9 Å². The van der Waals surface area contributed by atoms with Crippen LogP contribution in [0.25, 0.3) is 23.1 Å². The van der Waals surface area contributed by atoms with Gasteiger partial charge in [-0.1, -0.05) is 42.5 Å². The molecular weight excluding hydrogens is 504 g/mol. The van der Waals surface area contributed by atoms with Crippen molar-refractivity contribution in [1.29, 1.82) is 0 Å². The molecule has 3 N–H and O–H groups in total. The molecule has 2 aliphatic heterocycles. The number of nitrogens with one attached hydrogen (secondary N) is 2. The highest BCUT2D eigenvalue weighted by Crippen LogP contribution is 2.65. The van der Waals surface area contributed by atoms with Crippen LogP contribution in [0.3, 0.4) is 0 Å². The van der Waals surface area contributed by atoms with Gasteiger partial charge >= 0.3 is 5.97 Å². The number of aromatic nitrogens is 2. The average Bonchev–Trinajstić information content (AvgIpc) is 3.41. The number of aromatic amines is 1. The number of anilines is 1. The number of methoxy groups -OCH3 is 1. The Balaban J connectivity index is 1.02. The van der Waals surface area contributed by atoms with Crippen molar-refractivity contribution in [3.05, 3.63) is 88.6 Å². The zero-order valence-corrected chi connectivity index (χ0v) is 22.4. The summed E-state index contributed by atoms with van der Waals surface area (Å²) in [6.45, 7) is 2.52. The van der Waals surface area contributed by atoms with E-state index < -0.39 is 5.97 Å². The number of aliphatic carboxylic acids is 1. The van der Waals surface area contributed by atoms with Crippen LogP contribution < -0.4 is 10.2 Å². The number of carbonyl (C=O) groups is 1. The number of benzene rings is 3. The molecule has 0 radical (unpaired) electrons. The maximum absolute atomic E-state index is 11.2. The smallest absolute Gasteiger partial charge is 0.306 e. The van der Waals surface area contributed by atoms with Crippen molar-refractivity contribution < 1.29 is 19.5 Å². The molecule has 1 aliphatic carbocycles. The summed E-state index contributed by atoms with van der Waals surface area (Å²) in [4.78, 5) is 19.6. The Kier molecular flexibility index (Phi) is 6.09. The molecule has 8 nitrogen and oxygen atoms in total. The molecule has 204 valence electrons. The van der Waals surface area contributed by atoms with E-state index in [4.69, 9.17) is 9.57 Å². The van der Waals surface area contributed by atoms with Crippen LogP contribution in [0, 0.1) is 5.92 Å². The number of H-pyrrole nitrogens is 1. The number of carboxylic acids is 1. The first-order valence-corrected chi connectivity index (χ1v) is 13.9. The zero-order valence-electron chi connectivity index (χ0n) is 22.4. The highest BCUT2D eigenvalue weighted by Gasteiger charge is 2.62. The summed E-state index contributed by atoms with van der Waals surface area (Å²) in [5, 5.41) is 18.1. The third-order valence-corrected chi connectivity index (χ3v) is 8.71. The number of carboxylic acid groups (broad SMARTS) is 1. The van der Waals surface area contributed by atoms with Crippen molar-refractivity contribution in [1.82, 2.24) is 15.1 Å². The second kappa shape index (κ2) is 9.80. The van der Waals surface area contributed by atoms with Gasteiger partial charge in [-0.05, 0) is 79.4 Å². The first kappa shape index (κ1) is 24.9. The molecule has 1 saturated heterocycles. The summed E-state index contributed by atoms with van der Waals surface area (Å²) in [6, 6.07) is 21.1. The molecule has 0 amide bonds. The van der Waals surface area contributed by atoms with E-state index in [-0.39, 0.29) is 17.4 Å². The number of ether oxygens (including phenoxy) is 1. The van der Waals surface area contributed by atoms with Crippen molar-refractivity contribution in [3.63, 3.8) is 0 Å². The van der Waals surface area contributed by atoms with Crippen LogP contribution in [-0.2, 0) is 21.8 Å². The van der Waals surface area contributed by atoms with Crippen LogP contribution in [0.4, 0.5) is 5.69 Å². The van der Waals surface area contributed by atoms with E-state index in [2.05, 4.69) is 81.3 Å². The molecule has 2 atom stereocenters. The Labute approximate surface area is 232 Å². The van der Waals surface area contributed by atoms with Crippen LogP contribution in [0.15, 0.2) is 60.7 Å². The lowest BCUT2D eigenvalue weighted by atomic mass is 9.97. The van der Waals surface area contributed by atoms with Gasteiger partial charge in [0.25, 0.3) is 0 Å². The van der Waals surface area contributed by atoms with E-state index in [1.54, 1.807) is 7.11 Å². The second-order valence-corrected chi connectivity index (χ2v) is 11.1. The highest BCUT2D eigenvalue weighted by atomic mass is 16.7. The maximum atomic E-state index is 11.2. The highest BCUT2D eigenvalue weighted by molar-refractivity contribution is 5.90. The Hall–Kier alpha value is -4.14. The topological polar surface area (TPSA) is 99.7 Å². The molecule has 1 spiro atoms. The van der Waals surface area contributed by atoms with Crippen LogP contribution in [0.2, 0.25) is 0 Å². The van der Waals surface area contributed by atoms with Crippen LogP contribution >= 0.6 is 0 Å². The number of fused-ring (bicyclic) bond motifs is 3. The largest absolute Gasteiger partial charge is 0.497 e. The van der Waals surface area contributed by atoms with Gasteiger partial charge in [0.1, 0.15) is 11.4 Å². The van der Waals surface area contributed by atoms with Gasteiger partial charge in [0, 0.05) is 23.4 Å². The standard InChI is InChI=1S/C32H32N4O4/c1-39-24-8-11-29-26(17-24)32(40-35-29)18-27(32)23-7-9-25-28(33-34-30(25)16-23)10-6-20-2-4-21(5-3-20)19-36-14-12-22(13-15-36)31(37)38/h2-11,16-17,22,27,35H,12-15,18-19H2,1H3,(H,33,34)(H,37,38)/b10-6+/t27-,32-/m0/s1. The van der Waals surface area contributed by atoms with Crippen LogP contribution in [0.5, 0.6) is 5.75 Å². The predicted molar refractivity (Wildman–Crippen MR) is 154 cm³/mol. The molecule has 8 heteroatoms. The molecule has 7 rings (SSSR count). The molecule has 3 aromatic carbocycles. The zero-order chi connectivity index (χ0) is 27.3. The molecule has 3 heterocycles. The number of nitrogens with zero attached hydrogens (tertiary/aromatic N) is 2. The number of rotatable bonds is 7. The molecule has 1 saturated carbocycles. The minimum Gasteiger partial charge on any atom is -0.497 e. The van der Waals surface area contributed by atoms with E-state index in [1.807, 2.05) is 12.1 Å². The predicted octanol–water partition coefficient (Wildman–Crippen LogP) is 5.78. The number of piperidine rings is 1. The van der Waals surface area contributed by atoms with E-state index in [0.717, 1.165) is 78.1 Å². The molecule has 3 aliphatic rings. The summed E-state index contributed by atoms with van der Waals surface area (Å²) in [5.74, 6) is 0.242. The van der Waals surface area contributed by atoms with Crippen molar-refractivity contribution in [2.24, 2.45) is 5.92 Å². The molecular formula is C32H32N4O4. The van der Waals surface area contributed by atoms with Crippen LogP contribution in [-0.4, -0.2) is 46.4 Å². The molecule has 4 aromatic rings. The van der Waals surface area contributed by atoms with Gasteiger partial charge < -0.3 is 9.84 Å².